The van der Waals surface area contributed by atoms with Crippen LogP contribution in [0.2, 0.25) is 0 Å². The molecule has 4 N–H and O–H groups in total. The van der Waals surface area contributed by atoms with Gasteiger partial charge < -0.3 is 15.6 Å². The number of nitrogens with zero attached hydrogens (tertiary/aromatic N) is 1. The van der Waals surface area contributed by atoms with Crippen molar-refractivity contribution in [3.8, 4) is 0 Å². The second-order valence-electron chi connectivity index (χ2n) is 4.93. The summed E-state index contributed by atoms with van der Waals surface area (Å²) in [5, 5.41) is 11.2. The SMILES string of the molecule is Nc1ccc(F)c([C@@]23N=C(NC(=O)O)SC[C@@H]2CCO3)c1. The van der Waals surface area contributed by atoms with Gasteiger partial charge in [0.05, 0.1) is 6.61 Å². The van der Waals surface area contributed by atoms with Crippen LogP contribution in [0.1, 0.15) is 12.0 Å². The first-order chi connectivity index (χ1) is 10.0. The standard InChI is InChI=1S/C13H14FN3O3S/c14-10-2-1-8(15)5-9(10)13-7(3-4-20-13)6-21-11(17-13)16-12(18)19/h1-2,5,7H,3-4,6,15H2,(H,16,17)(H,18,19)/t7-,13+/m0/s1. The summed E-state index contributed by atoms with van der Waals surface area (Å²) in [4.78, 5) is 15.1. The molecule has 112 valence electrons. The lowest BCUT2D eigenvalue weighted by Crippen LogP contribution is -2.41. The van der Waals surface area contributed by atoms with Gasteiger partial charge in [0.1, 0.15) is 5.82 Å². The van der Waals surface area contributed by atoms with E-state index in [1.807, 2.05) is 0 Å². The third-order valence-corrected chi connectivity index (χ3v) is 4.66. The van der Waals surface area contributed by atoms with E-state index in [4.69, 9.17) is 15.6 Å². The number of amides is 1. The summed E-state index contributed by atoms with van der Waals surface area (Å²) in [5.41, 5.74) is 5.22. The van der Waals surface area contributed by atoms with Gasteiger partial charge in [-0.3, -0.25) is 5.32 Å². The molecule has 0 saturated carbocycles. The number of amidine groups is 1. The molecule has 1 amide bonds. The lowest BCUT2D eigenvalue weighted by atomic mass is 9.89. The molecular formula is C13H14FN3O3S. The van der Waals surface area contributed by atoms with Crippen molar-refractivity contribution >= 4 is 28.7 Å². The van der Waals surface area contributed by atoms with Gasteiger partial charge in [-0.25, -0.2) is 14.2 Å². The monoisotopic (exact) mass is 311 g/mol. The fraction of sp³-hybridized carbons (Fsp3) is 0.385. The molecule has 2 atom stereocenters. The first-order valence-electron chi connectivity index (χ1n) is 6.43. The van der Waals surface area contributed by atoms with Crippen LogP contribution in [0.3, 0.4) is 0 Å². The Balaban J connectivity index is 2.09. The predicted molar refractivity (Wildman–Crippen MR) is 77.6 cm³/mol. The highest BCUT2D eigenvalue weighted by Gasteiger charge is 2.50. The first-order valence-corrected chi connectivity index (χ1v) is 7.42. The molecule has 0 aromatic heterocycles. The van der Waals surface area contributed by atoms with Gasteiger partial charge in [-0.05, 0) is 24.6 Å². The summed E-state index contributed by atoms with van der Waals surface area (Å²) >= 11 is 1.30. The highest BCUT2D eigenvalue weighted by Crippen LogP contribution is 2.48. The summed E-state index contributed by atoms with van der Waals surface area (Å²) in [6.45, 7) is 0.448. The Morgan fingerprint density at radius 3 is 3.19 bits per heavy atom. The van der Waals surface area contributed by atoms with E-state index < -0.39 is 17.6 Å². The number of aliphatic imine (C=N–C) groups is 1. The summed E-state index contributed by atoms with van der Waals surface area (Å²) in [7, 11) is 0. The van der Waals surface area contributed by atoms with Gasteiger partial charge in [-0.1, -0.05) is 11.8 Å². The highest BCUT2D eigenvalue weighted by atomic mass is 32.2. The van der Waals surface area contributed by atoms with E-state index in [1.165, 1.54) is 30.0 Å². The van der Waals surface area contributed by atoms with Crippen molar-refractivity contribution in [2.45, 2.75) is 12.1 Å². The summed E-state index contributed by atoms with van der Waals surface area (Å²) in [6.07, 6.45) is -0.466. The van der Waals surface area contributed by atoms with Crippen molar-refractivity contribution in [1.82, 2.24) is 5.32 Å². The van der Waals surface area contributed by atoms with Crippen LogP contribution < -0.4 is 11.1 Å². The fourth-order valence-electron chi connectivity index (χ4n) is 2.68. The number of ether oxygens (including phenoxy) is 1. The molecule has 6 nitrogen and oxygen atoms in total. The first kappa shape index (κ1) is 14.2. The van der Waals surface area contributed by atoms with Crippen LogP contribution in [0.15, 0.2) is 23.2 Å². The van der Waals surface area contributed by atoms with E-state index in [-0.39, 0.29) is 16.6 Å². The quantitative estimate of drug-likeness (QED) is 0.689. The van der Waals surface area contributed by atoms with Crippen LogP contribution in [0, 0.1) is 11.7 Å². The molecule has 8 heteroatoms. The Kier molecular flexibility index (Phi) is 3.50. The van der Waals surface area contributed by atoms with Crippen LogP contribution >= 0.6 is 11.8 Å². The topological polar surface area (TPSA) is 96.9 Å². The van der Waals surface area contributed by atoms with E-state index in [0.717, 1.165) is 6.42 Å². The zero-order valence-electron chi connectivity index (χ0n) is 11.0. The minimum Gasteiger partial charge on any atom is -0.465 e. The minimum atomic E-state index is -1.21. The molecular weight excluding hydrogens is 297 g/mol. The number of nitrogens with one attached hydrogen (secondary N) is 1. The Labute approximate surface area is 124 Å². The van der Waals surface area contributed by atoms with Gasteiger partial charge in [0.2, 0.25) is 0 Å². The number of benzene rings is 1. The number of anilines is 1. The number of carboxylic acid groups (broad SMARTS) is 1. The zero-order valence-corrected chi connectivity index (χ0v) is 11.8. The third kappa shape index (κ3) is 2.44. The molecule has 2 aliphatic rings. The van der Waals surface area contributed by atoms with Crippen LogP contribution in [-0.2, 0) is 10.5 Å². The largest absolute Gasteiger partial charge is 0.465 e. The molecule has 1 fully saturated rings. The maximum Gasteiger partial charge on any atom is 0.410 e. The van der Waals surface area contributed by atoms with Gasteiger partial charge in [-0.15, -0.1) is 0 Å². The molecule has 1 saturated heterocycles. The predicted octanol–water partition coefficient (Wildman–Crippen LogP) is 1.97. The summed E-state index contributed by atoms with van der Waals surface area (Å²) in [6, 6.07) is 4.25. The maximum atomic E-state index is 14.2. The van der Waals surface area contributed by atoms with Gasteiger partial charge in [-0.2, -0.15) is 0 Å². The summed E-state index contributed by atoms with van der Waals surface area (Å²) < 4.78 is 20.0. The molecule has 0 spiro atoms. The van der Waals surface area contributed by atoms with E-state index in [0.29, 0.717) is 18.0 Å². The van der Waals surface area contributed by atoms with Crippen LogP contribution in [0.5, 0.6) is 0 Å². The smallest absolute Gasteiger partial charge is 0.410 e. The average Bonchev–Trinajstić information content (AvgIpc) is 2.84. The Hall–Kier alpha value is -1.80. The van der Waals surface area contributed by atoms with Crippen molar-refractivity contribution in [2.75, 3.05) is 18.1 Å². The van der Waals surface area contributed by atoms with Gasteiger partial charge in [0.15, 0.2) is 10.9 Å². The normalized spacial score (nSPS) is 27.9. The second-order valence-corrected chi connectivity index (χ2v) is 5.94. The number of nitrogen functional groups attached to an aromatic ring is 1. The number of hydrogen-bond donors (Lipinski definition) is 3. The van der Waals surface area contributed by atoms with E-state index >= 15 is 0 Å². The molecule has 0 bridgehead atoms. The molecule has 21 heavy (non-hydrogen) atoms. The maximum absolute atomic E-state index is 14.2. The number of fused-ring (bicyclic) bond motifs is 1. The van der Waals surface area contributed by atoms with Gasteiger partial charge in [0, 0.05) is 22.9 Å². The molecule has 0 unspecified atom stereocenters. The number of hydrogen-bond acceptors (Lipinski definition) is 5. The lowest BCUT2D eigenvalue weighted by Gasteiger charge is -2.35. The average molecular weight is 311 g/mol. The van der Waals surface area contributed by atoms with E-state index in [2.05, 4.69) is 10.3 Å². The lowest BCUT2D eigenvalue weighted by molar-refractivity contribution is -0.0172. The minimum absolute atomic E-state index is 0.0156. The van der Waals surface area contributed by atoms with Crippen molar-refractivity contribution in [3.63, 3.8) is 0 Å². The molecule has 1 aromatic carbocycles. The van der Waals surface area contributed by atoms with Crippen molar-refractivity contribution in [3.05, 3.63) is 29.6 Å². The number of halogens is 1. The molecule has 0 aliphatic carbocycles. The number of rotatable bonds is 1. The molecule has 1 aromatic rings. The molecule has 2 heterocycles. The molecule has 2 aliphatic heterocycles. The number of thioether (sulfide) groups is 1. The van der Waals surface area contributed by atoms with Crippen molar-refractivity contribution in [1.29, 1.82) is 0 Å². The Morgan fingerprint density at radius 2 is 2.43 bits per heavy atom. The van der Waals surface area contributed by atoms with Crippen LogP contribution in [-0.4, -0.2) is 28.7 Å². The number of carbonyl (C=O) groups is 1. The van der Waals surface area contributed by atoms with E-state index in [1.54, 1.807) is 0 Å². The molecule has 3 rings (SSSR count). The van der Waals surface area contributed by atoms with Crippen LogP contribution in [0.25, 0.3) is 0 Å². The number of nitrogens with two attached hydrogens (primary N) is 1. The van der Waals surface area contributed by atoms with Crippen molar-refractivity contribution in [2.24, 2.45) is 10.9 Å². The summed E-state index contributed by atoms with van der Waals surface area (Å²) in [5.74, 6) is 0.132. The molecule has 0 radical (unpaired) electrons. The van der Waals surface area contributed by atoms with E-state index in [9.17, 15) is 9.18 Å². The van der Waals surface area contributed by atoms with Gasteiger partial charge >= 0.3 is 6.09 Å². The third-order valence-electron chi connectivity index (χ3n) is 3.62. The second kappa shape index (κ2) is 5.19. The van der Waals surface area contributed by atoms with Gasteiger partial charge in [0.25, 0.3) is 0 Å². The highest BCUT2D eigenvalue weighted by molar-refractivity contribution is 8.13. The fourth-order valence-corrected chi connectivity index (χ4v) is 3.79. The Bertz CT molecular complexity index is 625. The zero-order chi connectivity index (χ0) is 15.0. The Morgan fingerprint density at radius 1 is 1.62 bits per heavy atom. The van der Waals surface area contributed by atoms with Crippen molar-refractivity contribution < 1.29 is 19.0 Å². The van der Waals surface area contributed by atoms with Crippen LogP contribution in [0.4, 0.5) is 14.9 Å².